The second-order valence-electron chi connectivity index (χ2n) is 7.65. The van der Waals surface area contributed by atoms with Gasteiger partial charge in [0.05, 0.1) is 13.2 Å². The van der Waals surface area contributed by atoms with Gasteiger partial charge in [-0.2, -0.15) is 13.2 Å². The molecule has 1 aliphatic heterocycles. The Morgan fingerprint density at radius 2 is 1.74 bits per heavy atom. The number of rotatable bonds is 15. The van der Waals surface area contributed by atoms with Crippen molar-refractivity contribution in [3.63, 3.8) is 0 Å². The fourth-order valence-corrected chi connectivity index (χ4v) is 3.41. The Labute approximate surface area is 181 Å². The van der Waals surface area contributed by atoms with Gasteiger partial charge in [0.15, 0.2) is 6.29 Å². The smallest absolute Gasteiger partial charge is 0.394 e. The number of alkyl halides is 3. The first-order valence-corrected chi connectivity index (χ1v) is 10.9. The summed E-state index contributed by atoms with van der Waals surface area (Å²) in [6.45, 7) is 5.14. The van der Waals surface area contributed by atoms with Crippen LogP contribution in [-0.2, 0) is 19.0 Å². The quantitative estimate of drug-likeness (QED) is 0.260. The Balaban J connectivity index is 2.71. The van der Waals surface area contributed by atoms with Crippen molar-refractivity contribution in [1.29, 1.82) is 0 Å². The Morgan fingerprint density at radius 1 is 1.13 bits per heavy atom. The van der Waals surface area contributed by atoms with Crippen molar-refractivity contribution in [3.8, 4) is 0 Å². The molecule has 0 aliphatic carbocycles. The number of carbonyl (C=O) groups excluding carboxylic acids is 1. The maximum Gasteiger partial charge on any atom is 0.471 e. The second-order valence-corrected chi connectivity index (χ2v) is 7.65. The molecule has 0 saturated carbocycles. The minimum absolute atomic E-state index is 0.0674. The van der Waals surface area contributed by atoms with Crippen LogP contribution in [0.5, 0.6) is 0 Å². The van der Waals surface area contributed by atoms with Crippen LogP contribution in [0.25, 0.3) is 0 Å². The molecule has 0 radical (unpaired) electrons. The lowest BCUT2D eigenvalue weighted by Gasteiger charge is -2.44. The Bertz CT molecular complexity index is 520. The Morgan fingerprint density at radius 3 is 2.29 bits per heavy atom. The largest absolute Gasteiger partial charge is 0.471 e. The van der Waals surface area contributed by atoms with Crippen molar-refractivity contribution in [2.45, 2.75) is 95.1 Å². The number of nitrogens with one attached hydrogen (secondary N) is 1. The van der Waals surface area contributed by atoms with E-state index in [-0.39, 0.29) is 13.2 Å². The highest BCUT2D eigenvalue weighted by Crippen LogP contribution is 2.26. The minimum atomic E-state index is -5.12. The summed E-state index contributed by atoms with van der Waals surface area (Å²) in [6.07, 6.45) is -0.498. The summed E-state index contributed by atoms with van der Waals surface area (Å²) in [4.78, 5) is 11.5. The molecule has 5 atom stereocenters. The van der Waals surface area contributed by atoms with Gasteiger partial charge in [0.2, 0.25) is 0 Å². The summed E-state index contributed by atoms with van der Waals surface area (Å²) in [7, 11) is 0. The zero-order chi connectivity index (χ0) is 23.3. The molecular formula is C21H36F3NO6. The van der Waals surface area contributed by atoms with E-state index < -0.39 is 49.3 Å². The zero-order valence-corrected chi connectivity index (χ0v) is 18.1. The predicted octanol–water partition coefficient (Wildman–Crippen LogP) is 2.84. The fourth-order valence-electron chi connectivity index (χ4n) is 3.41. The van der Waals surface area contributed by atoms with Crippen LogP contribution in [0.1, 0.15) is 58.3 Å². The molecule has 0 aromatic heterocycles. The van der Waals surface area contributed by atoms with Gasteiger partial charge in [0.1, 0.15) is 24.4 Å². The molecule has 31 heavy (non-hydrogen) atoms. The Kier molecular flexibility index (Phi) is 13.3. The topological polar surface area (TPSA) is 97.2 Å². The zero-order valence-electron chi connectivity index (χ0n) is 18.1. The third-order valence-electron chi connectivity index (χ3n) is 5.10. The molecular weight excluding hydrogens is 419 g/mol. The summed E-state index contributed by atoms with van der Waals surface area (Å²) >= 11 is 0. The number of hydrogen-bond acceptors (Lipinski definition) is 6. The summed E-state index contributed by atoms with van der Waals surface area (Å²) in [5.74, 6) is -2.19. The molecule has 0 bridgehead atoms. The van der Waals surface area contributed by atoms with Gasteiger partial charge in [-0.3, -0.25) is 4.79 Å². The van der Waals surface area contributed by atoms with E-state index in [9.17, 15) is 28.2 Å². The number of aliphatic hydroxyl groups is 2. The molecule has 1 saturated heterocycles. The lowest BCUT2D eigenvalue weighted by molar-refractivity contribution is -0.276. The van der Waals surface area contributed by atoms with Crippen molar-refractivity contribution >= 4 is 5.91 Å². The molecule has 3 N–H and O–H groups in total. The van der Waals surface area contributed by atoms with Gasteiger partial charge >= 0.3 is 12.1 Å². The number of carbonyl (C=O) groups is 1. The van der Waals surface area contributed by atoms with Crippen molar-refractivity contribution in [3.05, 3.63) is 12.7 Å². The molecule has 10 heteroatoms. The van der Waals surface area contributed by atoms with Crippen LogP contribution in [0.3, 0.4) is 0 Å². The number of halogens is 3. The van der Waals surface area contributed by atoms with Crippen LogP contribution < -0.4 is 5.32 Å². The molecule has 0 aromatic rings. The van der Waals surface area contributed by atoms with E-state index in [4.69, 9.17) is 14.2 Å². The Hall–Kier alpha value is -1.20. The lowest BCUT2D eigenvalue weighted by Crippen LogP contribution is -2.66. The number of amides is 1. The van der Waals surface area contributed by atoms with Crippen molar-refractivity contribution in [1.82, 2.24) is 5.32 Å². The minimum Gasteiger partial charge on any atom is -0.394 e. The van der Waals surface area contributed by atoms with Gasteiger partial charge < -0.3 is 29.7 Å². The highest BCUT2D eigenvalue weighted by molar-refractivity contribution is 5.82. The summed E-state index contributed by atoms with van der Waals surface area (Å²) in [5.41, 5.74) is 0. The van der Waals surface area contributed by atoms with Crippen molar-refractivity contribution in [2.75, 3.05) is 19.8 Å². The van der Waals surface area contributed by atoms with Gasteiger partial charge in [-0.05, 0) is 6.42 Å². The number of aliphatic hydroxyl groups excluding tert-OH is 2. The van der Waals surface area contributed by atoms with Crippen LogP contribution in [0.4, 0.5) is 13.2 Å². The molecule has 7 nitrogen and oxygen atoms in total. The fraction of sp³-hybridized carbons (Fsp3) is 0.857. The van der Waals surface area contributed by atoms with Crippen molar-refractivity contribution in [2.24, 2.45) is 0 Å². The standard InChI is InChI=1S/C21H36F3NO6/c1-3-5-6-7-8-9-10-11-13-29-18-16(25-20(28)21(22,23)24)19(30-12-4-2)31-15(14-26)17(18)27/h4,15-19,26-27H,2-3,5-14H2,1H3,(H,25,28)/t15-,16-,17-,18?,19+/m1/s1. The number of unbranched alkanes of at least 4 members (excludes halogenated alkanes) is 7. The van der Waals surface area contributed by atoms with E-state index in [1.54, 1.807) is 0 Å². The van der Waals surface area contributed by atoms with Gasteiger partial charge in [-0.1, -0.05) is 57.9 Å². The van der Waals surface area contributed by atoms with E-state index in [1.807, 2.05) is 5.32 Å². The van der Waals surface area contributed by atoms with E-state index in [0.717, 1.165) is 19.3 Å². The molecule has 1 heterocycles. The number of hydrogen-bond donors (Lipinski definition) is 3. The van der Waals surface area contributed by atoms with E-state index >= 15 is 0 Å². The summed E-state index contributed by atoms with van der Waals surface area (Å²) < 4.78 is 54.8. The molecule has 1 fully saturated rings. The first-order chi connectivity index (χ1) is 14.8. The van der Waals surface area contributed by atoms with Crippen LogP contribution in [0, 0.1) is 0 Å². The van der Waals surface area contributed by atoms with Crippen LogP contribution in [0.2, 0.25) is 0 Å². The van der Waals surface area contributed by atoms with Crippen LogP contribution in [-0.4, -0.2) is 72.8 Å². The van der Waals surface area contributed by atoms with E-state index in [1.165, 1.54) is 31.8 Å². The molecule has 1 unspecified atom stereocenters. The van der Waals surface area contributed by atoms with Crippen LogP contribution >= 0.6 is 0 Å². The first-order valence-electron chi connectivity index (χ1n) is 10.9. The van der Waals surface area contributed by atoms with Crippen LogP contribution in [0.15, 0.2) is 12.7 Å². The summed E-state index contributed by atoms with van der Waals surface area (Å²) in [5, 5.41) is 21.7. The van der Waals surface area contributed by atoms with Crippen molar-refractivity contribution < 1.29 is 42.4 Å². The van der Waals surface area contributed by atoms with Gasteiger partial charge in [0, 0.05) is 6.61 Å². The molecule has 0 spiro atoms. The maximum absolute atomic E-state index is 12.8. The van der Waals surface area contributed by atoms with E-state index in [0.29, 0.717) is 6.42 Å². The summed E-state index contributed by atoms with van der Waals surface area (Å²) in [6, 6.07) is -1.42. The SMILES string of the molecule is C=CCO[C@H]1O[C@H](CO)[C@@H](O)C(OCCCCCCCCCC)[C@H]1NC(=O)C(F)(F)F. The van der Waals surface area contributed by atoms with Gasteiger partial charge in [-0.25, -0.2) is 0 Å². The highest BCUT2D eigenvalue weighted by atomic mass is 19.4. The predicted molar refractivity (Wildman–Crippen MR) is 108 cm³/mol. The number of ether oxygens (including phenoxy) is 3. The maximum atomic E-state index is 12.8. The highest BCUT2D eigenvalue weighted by Gasteiger charge is 2.50. The van der Waals surface area contributed by atoms with Gasteiger partial charge in [-0.15, -0.1) is 6.58 Å². The molecule has 182 valence electrons. The average Bonchev–Trinajstić information content (AvgIpc) is 2.72. The molecule has 1 rings (SSSR count). The van der Waals surface area contributed by atoms with E-state index in [2.05, 4.69) is 13.5 Å². The monoisotopic (exact) mass is 455 g/mol. The molecule has 1 amide bonds. The normalized spacial score (nSPS) is 26.6. The lowest BCUT2D eigenvalue weighted by atomic mass is 9.96. The first kappa shape index (κ1) is 27.8. The molecule has 0 aromatic carbocycles. The second kappa shape index (κ2) is 14.8. The van der Waals surface area contributed by atoms with Gasteiger partial charge in [0.25, 0.3) is 0 Å². The third-order valence-corrected chi connectivity index (χ3v) is 5.10. The average molecular weight is 456 g/mol. The molecule has 1 aliphatic rings. The third kappa shape index (κ3) is 9.86.